The van der Waals surface area contributed by atoms with Crippen molar-refractivity contribution >= 4 is 11.9 Å². The molecular formula is C29H52O8. The molecule has 1 heterocycles. The lowest BCUT2D eigenvalue weighted by Crippen LogP contribution is -2.52. The highest BCUT2D eigenvalue weighted by atomic mass is 16.7. The number of carbonyl (C=O) groups is 2. The van der Waals surface area contributed by atoms with E-state index in [4.69, 9.17) is 18.9 Å². The zero-order chi connectivity index (χ0) is 27.8. The van der Waals surface area contributed by atoms with Gasteiger partial charge in [0.2, 0.25) is 0 Å². The van der Waals surface area contributed by atoms with E-state index in [0.29, 0.717) is 19.6 Å². The molecule has 0 radical (unpaired) electrons. The van der Waals surface area contributed by atoms with E-state index in [2.05, 4.69) is 6.92 Å². The first-order valence-electron chi connectivity index (χ1n) is 14.1. The average Bonchev–Trinajstić information content (AvgIpc) is 3.29. The molecule has 2 N–H and O–H groups in total. The summed E-state index contributed by atoms with van der Waals surface area (Å²) in [5.74, 6) is -4.07. The Labute approximate surface area is 224 Å². The van der Waals surface area contributed by atoms with Gasteiger partial charge in [-0.1, -0.05) is 57.6 Å². The number of allylic oxidation sites excluding steroid dienone is 1. The zero-order valence-corrected chi connectivity index (χ0v) is 23.9. The second kappa shape index (κ2) is 17.2. The normalized spacial score (nSPS) is 18.1. The Balaban J connectivity index is 2.52. The summed E-state index contributed by atoms with van der Waals surface area (Å²) in [5, 5.41) is 20.9. The molecule has 1 aliphatic heterocycles. The number of carboxylic acid groups (broad SMARTS) is 1. The van der Waals surface area contributed by atoms with Crippen molar-refractivity contribution in [3.63, 3.8) is 0 Å². The van der Waals surface area contributed by atoms with Gasteiger partial charge in [0.15, 0.2) is 11.4 Å². The fourth-order valence-corrected chi connectivity index (χ4v) is 4.61. The summed E-state index contributed by atoms with van der Waals surface area (Å²) < 4.78 is 22.3. The Morgan fingerprint density at radius 1 is 0.973 bits per heavy atom. The molecule has 1 fully saturated rings. The number of unbranched alkanes of at least 4 members (excludes halogenated alkanes) is 8. The van der Waals surface area contributed by atoms with Crippen molar-refractivity contribution in [3.05, 3.63) is 12.2 Å². The monoisotopic (exact) mass is 528 g/mol. The van der Waals surface area contributed by atoms with E-state index in [-0.39, 0.29) is 13.0 Å². The minimum atomic E-state index is -2.21. The smallest absolute Gasteiger partial charge is 0.339 e. The second-order valence-corrected chi connectivity index (χ2v) is 11.1. The third kappa shape index (κ3) is 12.7. The molecule has 216 valence electrons. The number of aliphatic carboxylic acids is 1. The lowest BCUT2D eigenvalue weighted by molar-refractivity contribution is -0.188. The van der Waals surface area contributed by atoms with Crippen LogP contribution in [0.3, 0.4) is 0 Å². The highest BCUT2D eigenvalue weighted by Crippen LogP contribution is 2.32. The number of rotatable bonds is 20. The van der Waals surface area contributed by atoms with Crippen molar-refractivity contribution in [2.24, 2.45) is 5.92 Å². The fraction of sp³-hybridized carbons (Fsp3) is 0.862. The van der Waals surface area contributed by atoms with E-state index >= 15 is 0 Å². The van der Waals surface area contributed by atoms with E-state index in [1.807, 2.05) is 0 Å². The summed E-state index contributed by atoms with van der Waals surface area (Å²) in [4.78, 5) is 24.7. The minimum absolute atomic E-state index is 0.0288. The molecule has 0 amide bonds. The van der Waals surface area contributed by atoms with Gasteiger partial charge < -0.3 is 29.2 Å². The molecule has 2 atom stereocenters. The van der Waals surface area contributed by atoms with Crippen LogP contribution < -0.4 is 0 Å². The molecule has 0 bridgehead atoms. The molecule has 0 aromatic heterocycles. The van der Waals surface area contributed by atoms with Gasteiger partial charge in [0.25, 0.3) is 0 Å². The number of aliphatic hydroxyl groups is 1. The number of hydrogen-bond donors (Lipinski definition) is 2. The molecule has 0 spiro atoms. The third-order valence-electron chi connectivity index (χ3n) is 6.70. The van der Waals surface area contributed by atoms with Crippen molar-refractivity contribution in [1.29, 1.82) is 0 Å². The molecule has 0 aromatic carbocycles. The summed E-state index contributed by atoms with van der Waals surface area (Å²) >= 11 is 0. The summed E-state index contributed by atoms with van der Waals surface area (Å²) in [6.07, 6.45) is 15.6. The molecule has 0 unspecified atom stereocenters. The lowest BCUT2D eigenvalue weighted by atomic mass is 9.83. The Morgan fingerprint density at radius 3 is 2.05 bits per heavy atom. The van der Waals surface area contributed by atoms with Crippen LogP contribution in [0.15, 0.2) is 12.2 Å². The average molecular weight is 529 g/mol. The van der Waals surface area contributed by atoms with Crippen LogP contribution >= 0.6 is 0 Å². The first-order valence-corrected chi connectivity index (χ1v) is 14.1. The van der Waals surface area contributed by atoms with Gasteiger partial charge in [-0.25, -0.2) is 4.79 Å². The SMILES string of the molecule is CCCCCCCC1(CCCCCCC=C[C@H](C(=O)O)[C@@](O)(CCOC)C(=O)OC(C)(C)C)OCCO1. The van der Waals surface area contributed by atoms with Crippen molar-refractivity contribution in [3.8, 4) is 0 Å². The van der Waals surface area contributed by atoms with Crippen LogP contribution in [0.2, 0.25) is 0 Å². The summed E-state index contributed by atoms with van der Waals surface area (Å²) in [5.41, 5.74) is -3.06. The molecule has 0 saturated carbocycles. The topological polar surface area (TPSA) is 112 Å². The number of carboxylic acids is 1. The quantitative estimate of drug-likeness (QED) is 0.116. The predicted molar refractivity (Wildman–Crippen MR) is 143 cm³/mol. The maximum absolute atomic E-state index is 12.7. The number of hydrogen-bond acceptors (Lipinski definition) is 7. The van der Waals surface area contributed by atoms with Crippen molar-refractivity contribution in [2.75, 3.05) is 26.9 Å². The highest BCUT2D eigenvalue weighted by molar-refractivity contribution is 5.88. The first kappa shape index (κ1) is 33.5. The van der Waals surface area contributed by atoms with E-state index in [1.54, 1.807) is 26.8 Å². The number of ether oxygens (including phenoxy) is 4. The van der Waals surface area contributed by atoms with Gasteiger partial charge in [-0.3, -0.25) is 4.79 Å². The standard InChI is InChI=1S/C29H52O8/c1-6-7-8-12-15-18-28(35-22-23-36-28)19-16-13-10-9-11-14-17-24(25(30)31)29(33,20-21-34-5)26(32)37-27(2,3)4/h14,17,24,33H,6-13,15-16,18-23H2,1-5H3,(H,30,31)/t24-,29+/m1/s1. The number of esters is 1. The third-order valence-corrected chi connectivity index (χ3v) is 6.70. The van der Waals surface area contributed by atoms with Crippen molar-refractivity contribution in [1.82, 2.24) is 0 Å². The van der Waals surface area contributed by atoms with Gasteiger partial charge in [0.1, 0.15) is 11.5 Å². The van der Waals surface area contributed by atoms with Crippen LogP contribution in [0.1, 0.15) is 111 Å². The second-order valence-electron chi connectivity index (χ2n) is 11.1. The molecule has 1 rings (SSSR count). The maximum atomic E-state index is 12.7. The minimum Gasteiger partial charge on any atom is -0.481 e. The van der Waals surface area contributed by atoms with Crippen LogP contribution in [0.25, 0.3) is 0 Å². The Kier molecular flexibility index (Phi) is 15.6. The zero-order valence-electron chi connectivity index (χ0n) is 23.9. The van der Waals surface area contributed by atoms with Crippen LogP contribution in [0.5, 0.6) is 0 Å². The lowest BCUT2D eigenvalue weighted by Gasteiger charge is -2.33. The molecule has 1 saturated heterocycles. The molecule has 8 nitrogen and oxygen atoms in total. The van der Waals surface area contributed by atoms with Gasteiger partial charge in [-0.05, 0) is 46.5 Å². The van der Waals surface area contributed by atoms with Crippen LogP contribution in [-0.4, -0.2) is 66.1 Å². The van der Waals surface area contributed by atoms with E-state index < -0.39 is 34.8 Å². The Bertz CT molecular complexity index is 678. The Hall–Kier alpha value is -1.48. The summed E-state index contributed by atoms with van der Waals surface area (Å²) in [6.45, 7) is 8.61. The molecule has 37 heavy (non-hydrogen) atoms. The Morgan fingerprint density at radius 2 is 1.54 bits per heavy atom. The number of methoxy groups -OCH3 is 1. The van der Waals surface area contributed by atoms with Crippen molar-refractivity contribution in [2.45, 2.75) is 128 Å². The predicted octanol–water partition coefficient (Wildman–Crippen LogP) is 5.80. The van der Waals surface area contributed by atoms with E-state index in [0.717, 1.165) is 44.9 Å². The van der Waals surface area contributed by atoms with Crippen molar-refractivity contribution < 1.29 is 38.7 Å². The van der Waals surface area contributed by atoms with Crippen LogP contribution in [0.4, 0.5) is 0 Å². The molecule has 0 aliphatic carbocycles. The van der Waals surface area contributed by atoms with E-state index in [1.165, 1.54) is 38.9 Å². The number of carbonyl (C=O) groups excluding carboxylic acids is 1. The summed E-state index contributed by atoms with van der Waals surface area (Å²) in [7, 11) is 1.43. The van der Waals surface area contributed by atoms with Gasteiger partial charge >= 0.3 is 11.9 Å². The molecule has 0 aromatic rings. The van der Waals surface area contributed by atoms with Crippen LogP contribution in [0, 0.1) is 5.92 Å². The van der Waals surface area contributed by atoms with E-state index in [9.17, 15) is 19.8 Å². The maximum Gasteiger partial charge on any atom is 0.339 e. The van der Waals surface area contributed by atoms with Gasteiger partial charge in [0.05, 0.1) is 13.2 Å². The summed E-state index contributed by atoms with van der Waals surface area (Å²) in [6, 6.07) is 0. The van der Waals surface area contributed by atoms with Gasteiger partial charge in [0, 0.05) is 33.0 Å². The molecular weight excluding hydrogens is 476 g/mol. The first-order chi connectivity index (χ1) is 17.5. The van der Waals surface area contributed by atoms with Crippen LogP contribution in [-0.2, 0) is 28.5 Å². The van der Waals surface area contributed by atoms with Gasteiger partial charge in [-0.15, -0.1) is 0 Å². The largest absolute Gasteiger partial charge is 0.481 e. The van der Waals surface area contributed by atoms with Gasteiger partial charge in [-0.2, -0.15) is 0 Å². The fourth-order valence-electron chi connectivity index (χ4n) is 4.61. The molecule has 8 heteroatoms. The molecule has 1 aliphatic rings. The highest BCUT2D eigenvalue weighted by Gasteiger charge is 2.49.